The van der Waals surface area contributed by atoms with Gasteiger partial charge < -0.3 is 0 Å². The molecular formula is C10H17N3O2S. The van der Waals surface area contributed by atoms with Crippen molar-refractivity contribution < 1.29 is 8.42 Å². The van der Waals surface area contributed by atoms with Gasteiger partial charge in [-0.3, -0.25) is 4.90 Å². The van der Waals surface area contributed by atoms with Gasteiger partial charge in [-0.25, -0.2) is 8.42 Å². The Morgan fingerprint density at radius 3 is 2.44 bits per heavy atom. The normalized spacial score (nSPS) is 27.9. The summed E-state index contributed by atoms with van der Waals surface area (Å²) in [5, 5.41) is 8.58. The van der Waals surface area contributed by atoms with E-state index in [0.29, 0.717) is 18.8 Å². The Balaban J connectivity index is 1.92. The van der Waals surface area contributed by atoms with Gasteiger partial charge in [-0.15, -0.1) is 0 Å². The highest BCUT2D eigenvalue weighted by Crippen LogP contribution is 2.24. The van der Waals surface area contributed by atoms with Crippen LogP contribution in [-0.4, -0.2) is 55.6 Å². The van der Waals surface area contributed by atoms with E-state index in [4.69, 9.17) is 5.26 Å². The maximum absolute atomic E-state index is 11.7. The van der Waals surface area contributed by atoms with Crippen molar-refractivity contribution in [3.05, 3.63) is 0 Å². The van der Waals surface area contributed by atoms with Gasteiger partial charge in [0.15, 0.2) is 0 Å². The van der Waals surface area contributed by atoms with Gasteiger partial charge in [0.25, 0.3) is 0 Å². The predicted molar refractivity (Wildman–Crippen MR) is 60.2 cm³/mol. The highest BCUT2D eigenvalue weighted by Gasteiger charge is 2.35. The molecule has 16 heavy (non-hydrogen) atoms. The Kier molecular flexibility index (Phi) is 3.47. The van der Waals surface area contributed by atoms with Crippen molar-refractivity contribution in [3.8, 4) is 6.07 Å². The van der Waals surface area contributed by atoms with Crippen LogP contribution in [0.3, 0.4) is 0 Å². The molecule has 0 atom stereocenters. The zero-order valence-electron chi connectivity index (χ0n) is 9.30. The number of nitriles is 1. The van der Waals surface area contributed by atoms with E-state index in [1.807, 2.05) is 0 Å². The van der Waals surface area contributed by atoms with Gasteiger partial charge in [0.2, 0.25) is 10.0 Å². The summed E-state index contributed by atoms with van der Waals surface area (Å²) in [7, 11) is -2.97. The molecule has 0 amide bonds. The standard InChI is InChI=1S/C10H17N3O2S/c11-4-8-12-6-2-10(3-7-12)13-5-1-9-16(13,14)15/h10H,1-3,5-9H2. The van der Waals surface area contributed by atoms with Gasteiger partial charge >= 0.3 is 0 Å². The average molecular weight is 243 g/mol. The molecular weight excluding hydrogens is 226 g/mol. The van der Waals surface area contributed by atoms with Crippen LogP contribution in [0.1, 0.15) is 19.3 Å². The van der Waals surface area contributed by atoms with Crippen LogP contribution in [0, 0.1) is 11.3 Å². The third kappa shape index (κ3) is 2.37. The van der Waals surface area contributed by atoms with E-state index in [0.717, 1.165) is 32.4 Å². The number of sulfonamides is 1. The number of likely N-dealkylation sites (tertiary alicyclic amines) is 1. The van der Waals surface area contributed by atoms with Crippen LogP contribution in [-0.2, 0) is 10.0 Å². The van der Waals surface area contributed by atoms with E-state index in [2.05, 4.69) is 11.0 Å². The minimum Gasteiger partial charge on any atom is -0.290 e. The Labute approximate surface area is 96.7 Å². The molecule has 2 rings (SSSR count). The lowest BCUT2D eigenvalue weighted by atomic mass is 10.1. The molecule has 2 fully saturated rings. The third-order valence-corrected chi connectivity index (χ3v) is 5.40. The second kappa shape index (κ2) is 4.70. The van der Waals surface area contributed by atoms with Crippen LogP contribution >= 0.6 is 0 Å². The molecule has 0 aromatic heterocycles. The number of piperidine rings is 1. The van der Waals surface area contributed by atoms with Crippen LogP contribution in [0.15, 0.2) is 0 Å². The fraction of sp³-hybridized carbons (Fsp3) is 0.900. The Hall–Kier alpha value is -0.640. The lowest BCUT2D eigenvalue weighted by molar-refractivity contribution is 0.177. The number of hydrogen-bond acceptors (Lipinski definition) is 4. The SMILES string of the molecule is N#CCN1CCC(N2CCCS2(=O)=O)CC1. The van der Waals surface area contributed by atoms with Crippen LogP contribution < -0.4 is 0 Å². The molecule has 6 heteroatoms. The molecule has 2 aliphatic heterocycles. The molecule has 90 valence electrons. The first-order chi connectivity index (χ1) is 7.63. The first kappa shape index (κ1) is 11.8. The summed E-state index contributed by atoms with van der Waals surface area (Å²) >= 11 is 0. The summed E-state index contributed by atoms with van der Waals surface area (Å²) in [6, 6.07) is 2.30. The minimum atomic E-state index is -2.97. The number of rotatable bonds is 2. The molecule has 0 saturated carbocycles. The van der Waals surface area contributed by atoms with Gasteiger partial charge in [-0.1, -0.05) is 0 Å². The minimum absolute atomic E-state index is 0.169. The second-order valence-corrected chi connectivity index (χ2v) is 6.49. The molecule has 2 aliphatic rings. The van der Waals surface area contributed by atoms with E-state index in [9.17, 15) is 8.42 Å². The van der Waals surface area contributed by atoms with Crippen molar-refractivity contribution in [2.24, 2.45) is 0 Å². The first-order valence-corrected chi connectivity index (χ1v) is 7.33. The zero-order chi connectivity index (χ0) is 11.6. The molecule has 0 N–H and O–H groups in total. The van der Waals surface area contributed by atoms with Crippen LogP contribution in [0.25, 0.3) is 0 Å². The van der Waals surface area contributed by atoms with Gasteiger partial charge in [0.1, 0.15) is 0 Å². The molecule has 0 aliphatic carbocycles. The Morgan fingerprint density at radius 2 is 1.94 bits per heavy atom. The monoisotopic (exact) mass is 243 g/mol. The molecule has 5 nitrogen and oxygen atoms in total. The summed E-state index contributed by atoms with van der Waals surface area (Å²) in [4.78, 5) is 2.08. The highest BCUT2D eigenvalue weighted by molar-refractivity contribution is 7.89. The van der Waals surface area contributed by atoms with Crippen LogP contribution in [0.4, 0.5) is 0 Å². The van der Waals surface area contributed by atoms with Crippen molar-refractivity contribution in [1.82, 2.24) is 9.21 Å². The largest absolute Gasteiger partial charge is 0.290 e. The second-order valence-electron chi connectivity index (χ2n) is 4.45. The van der Waals surface area contributed by atoms with Crippen molar-refractivity contribution in [2.45, 2.75) is 25.3 Å². The maximum atomic E-state index is 11.7. The summed E-state index contributed by atoms with van der Waals surface area (Å²) in [6.07, 6.45) is 2.49. The molecule has 0 radical (unpaired) electrons. The number of nitrogens with zero attached hydrogens (tertiary/aromatic N) is 3. The first-order valence-electron chi connectivity index (χ1n) is 5.72. The fourth-order valence-electron chi connectivity index (χ4n) is 2.53. The topological polar surface area (TPSA) is 64.4 Å². The quantitative estimate of drug-likeness (QED) is 0.641. The third-order valence-electron chi connectivity index (χ3n) is 3.40. The van der Waals surface area contributed by atoms with Gasteiger partial charge in [0, 0.05) is 25.7 Å². The van der Waals surface area contributed by atoms with Gasteiger partial charge in [-0.2, -0.15) is 9.57 Å². The van der Waals surface area contributed by atoms with E-state index in [1.165, 1.54) is 0 Å². The Morgan fingerprint density at radius 1 is 1.25 bits per heavy atom. The number of hydrogen-bond donors (Lipinski definition) is 0. The lowest BCUT2D eigenvalue weighted by Gasteiger charge is -2.34. The van der Waals surface area contributed by atoms with Crippen molar-refractivity contribution in [2.75, 3.05) is 31.9 Å². The van der Waals surface area contributed by atoms with Crippen molar-refractivity contribution >= 4 is 10.0 Å². The maximum Gasteiger partial charge on any atom is 0.214 e. The molecule has 0 spiro atoms. The van der Waals surface area contributed by atoms with E-state index in [-0.39, 0.29) is 6.04 Å². The summed E-state index contributed by atoms with van der Waals surface area (Å²) < 4.78 is 25.1. The van der Waals surface area contributed by atoms with Gasteiger partial charge in [-0.05, 0) is 19.3 Å². The Bertz CT molecular complexity index is 379. The zero-order valence-corrected chi connectivity index (χ0v) is 10.1. The summed E-state index contributed by atoms with van der Waals surface area (Å²) in [5.74, 6) is 0.311. The fourth-order valence-corrected chi connectivity index (χ4v) is 4.34. The molecule has 2 saturated heterocycles. The van der Waals surface area contributed by atoms with E-state index < -0.39 is 10.0 Å². The smallest absolute Gasteiger partial charge is 0.214 e. The van der Waals surface area contributed by atoms with Crippen molar-refractivity contribution in [3.63, 3.8) is 0 Å². The average Bonchev–Trinajstić information content (AvgIpc) is 2.60. The van der Waals surface area contributed by atoms with E-state index >= 15 is 0 Å². The molecule has 0 bridgehead atoms. The lowest BCUT2D eigenvalue weighted by Crippen LogP contribution is -2.45. The predicted octanol–water partition coefficient (Wildman–Crippen LogP) is 0.00988. The highest BCUT2D eigenvalue weighted by atomic mass is 32.2. The van der Waals surface area contributed by atoms with Crippen LogP contribution in [0.2, 0.25) is 0 Å². The van der Waals surface area contributed by atoms with Crippen molar-refractivity contribution in [1.29, 1.82) is 5.26 Å². The van der Waals surface area contributed by atoms with Gasteiger partial charge in [0.05, 0.1) is 18.4 Å². The molecule has 0 aromatic rings. The summed E-state index contributed by atoms with van der Waals surface area (Å²) in [6.45, 7) is 2.82. The molecule has 2 heterocycles. The molecule has 0 aromatic carbocycles. The van der Waals surface area contributed by atoms with Crippen LogP contribution in [0.5, 0.6) is 0 Å². The summed E-state index contributed by atoms with van der Waals surface area (Å²) in [5.41, 5.74) is 0. The molecule has 0 unspecified atom stereocenters. The van der Waals surface area contributed by atoms with E-state index in [1.54, 1.807) is 4.31 Å².